The molecule has 2 saturated heterocycles. The third kappa shape index (κ3) is 16.9. The quantitative estimate of drug-likeness (QED) is 0.0495. The number of nitrogens with zero attached hydrogens (tertiary/aromatic N) is 3. The molecule has 2 aromatic carbocycles. The topological polar surface area (TPSA) is 308 Å². The Bertz CT molecular complexity index is 2180. The van der Waals surface area contributed by atoms with E-state index < -0.39 is 141 Å². The molecule has 0 saturated carbocycles. The van der Waals surface area contributed by atoms with Crippen LogP contribution in [0.25, 0.3) is 10.4 Å². The Hall–Kier alpha value is -7.11. The van der Waals surface area contributed by atoms with Gasteiger partial charge in [-0.05, 0) is 50.6 Å². The van der Waals surface area contributed by atoms with Gasteiger partial charge >= 0.3 is 47.9 Å². The van der Waals surface area contributed by atoms with Gasteiger partial charge in [0.15, 0.2) is 43.0 Å². The van der Waals surface area contributed by atoms with Crippen LogP contribution in [0.5, 0.6) is 0 Å². The standard InChI is InChI=1S/C45H54N4O20/c1-9-20-58-44(57)47-30(41(56)69-45(6,7)8)21-61-42-33(48-49-46)36(34(67-40(55)29-18-14-11-15-19-29)32(65-42)23-60-39(54)28-16-12-10-13-17-28)68-43-38(64-27(5)53)37(63-26(4)52)35(62-25(3)51)31(66-43)22-59-24(2)50/h9-19,30-38,42-43H,1,20-23H2,2-8H3,(H,47,57)/t30-,31+,32+,33+,34-,35-,36+,37-,38+,42-,43-/m0/s1. The highest BCUT2D eigenvalue weighted by Crippen LogP contribution is 2.36. The summed E-state index contributed by atoms with van der Waals surface area (Å²) in [5.41, 5.74) is 9.09. The van der Waals surface area contributed by atoms with Crippen LogP contribution in [0.2, 0.25) is 0 Å². The number of rotatable bonds is 20. The summed E-state index contributed by atoms with van der Waals surface area (Å²) in [6, 6.07) is 11.8. The molecule has 4 rings (SSSR count). The van der Waals surface area contributed by atoms with Crippen molar-refractivity contribution in [1.29, 1.82) is 0 Å². The maximum atomic E-state index is 14.0. The summed E-state index contributed by atoms with van der Waals surface area (Å²) in [6.07, 6.45) is -15.8. The number of esters is 7. The maximum absolute atomic E-state index is 14.0. The molecule has 24 nitrogen and oxygen atoms in total. The summed E-state index contributed by atoms with van der Waals surface area (Å²) >= 11 is 0. The molecule has 69 heavy (non-hydrogen) atoms. The minimum atomic E-state index is -1.99. The van der Waals surface area contributed by atoms with Gasteiger partial charge in [-0.2, -0.15) is 0 Å². The Morgan fingerprint density at radius 1 is 0.696 bits per heavy atom. The van der Waals surface area contributed by atoms with Gasteiger partial charge in [0.25, 0.3) is 0 Å². The van der Waals surface area contributed by atoms with Crippen molar-refractivity contribution in [3.8, 4) is 0 Å². The van der Waals surface area contributed by atoms with E-state index in [4.69, 9.17) is 56.8 Å². The minimum Gasteiger partial charge on any atom is -0.463 e. The molecule has 1 N–H and O–H groups in total. The molecular weight excluding hydrogens is 917 g/mol. The Labute approximate surface area is 395 Å². The Balaban J connectivity index is 1.91. The van der Waals surface area contributed by atoms with Gasteiger partial charge in [-0.3, -0.25) is 19.2 Å². The molecule has 2 heterocycles. The van der Waals surface area contributed by atoms with Gasteiger partial charge in [-0.25, -0.2) is 19.2 Å². The molecule has 2 aliphatic heterocycles. The van der Waals surface area contributed by atoms with E-state index >= 15 is 0 Å². The Morgan fingerprint density at radius 3 is 1.75 bits per heavy atom. The summed E-state index contributed by atoms with van der Waals surface area (Å²) in [5, 5.41) is 6.20. The molecule has 2 aliphatic rings. The summed E-state index contributed by atoms with van der Waals surface area (Å²) in [6.45, 7) is 9.79. The smallest absolute Gasteiger partial charge is 0.408 e. The minimum absolute atomic E-state index is 0.00287. The number of nitrogens with one attached hydrogen (secondary N) is 1. The number of carbonyl (C=O) groups excluding carboxylic acids is 8. The fourth-order valence-corrected chi connectivity index (χ4v) is 6.73. The van der Waals surface area contributed by atoms with Gasteiger partial charge in [-0.1, -0.05) is 54.2 Å². The summed E-state index contributed by atoms with van der Waals surface area (Å²) in [5.74, 6) is -6.59. The van der Waals surface area contributed by atoms with E-state index in [2.05, 4.69) is 21.9 Å². The third-order valence-electron chi connectivity index (χ3n) is 9.42. The number of ether oxygens (including phenoxy) is 12. The molecule has 2 aromatic rings. The molecule has 2 fully saturated rings. The average Bonchev–Trinajstić information content (AvgIpc) is 3.28. The Morgan fingerprint density at radius 2 is 1.22 bits per heavy atom. The number of carbonyl (C=O) groups is 8. The van der Waals surface area contributed by atoms with Crippen LogP contribution in [-0.2, 0) is 80.8 Å². The summed E-state index contributed by atoms with van der Waals surface area (Å²) < 4.78 is 69.1. The first-order valence-electron chi connectivity index (χ1n) is 21.2. The number of hydrogen-bond donors (Lipinski definition) is 1. The van der Waals surface area contributed by atoms with Gasteiger partial charge in [0.05, 0.1) is 17.7 Å². The fourth-order valence-electron chi connectivity index (χ4n) is 6.73. The van der Waals surface area contributed by atoms with Crippen LogP contribution in [-0.4, -0.2) is 147 Å². The second kappa shape index (κ2) is 25.9. The molecule has 0 radical (unpaired) electrons. The molecule has 11 atom stereocenters. The van der Waals surface area contributed by atoms with Gasteiger partial charge in [0.2, 0.25) is 0 Å². The van der Waals surface area contributed by atoms with Crippen molar-refractivity contribution >= 4 is 47.9 Å². The van der Waals surface area contributed by atoms with Crippen LogP contribution in [0.15, 0.2) is 78.4 Å². The third-order valence-corrected chi connectivity index (χ3v) is 9.42. The highest BCUT2D eigenvalue weighted by Gasteiger charge is 2.57. The first-order chi connectivity index (χ1) is 32.7. The van der Waals surface area contributed by atoms with Crippen LogP contribution >= 0.6 is 0 Å². The van der Waals surface area contributed by atoms with Crippen LogP contribution in [0.3, 0.4) is 0 Å². The van der Waals surface area contributed by atoms with E-state index in [1.54, 1.807) is 45.0 Å². The maximum Gasteiger partial charge on any atom is 0.408 e. The second-order valence-electron chi connectivity index (χ2n) is 16.1. The first kappa shape index (κ1) is 54.5. The van der Waals surface area contributed by atoms with Crippen LogP contribution in [0.4, 0.5) is 4.79 Å². The number of alkyl carbamates (subject to hydrolysis) is 1. The number of amides is 1. The molecule has 0 spiro atoms. The molecule has 0 bridgehead atoms. The predicted molar refractivity (Wildman–Crippen MR) is 231 cm³/mol. The lowest BCUT2D eigenvalue weighted by Gasteiger charge is -2.48. The van der Waals surface area contributed by atoms with E-state index in [0.29, 0.717) is 0 Å². The van der Waals surface area contributed by atoms with E-state index in [1.165, 1.54) is 42.5 Å². The molecule has 0 aromatic heterocycles. The highest BCUT2D eigenvalue weighted by molar-refractivity contribution is 5.90. The number of hydrogen-bond acceptors (Lipinski definition) is 21. The zero-order chi connectivity index (χ0) is 50.8. The van der Waals surface area contributed by atoms with Crippen molar-refractivity contribution < 1.29 is 95.2 Å². The zero-order valence-electron chi connectivity index (χ0n) is 38.7. The van der Waals surface area contributed by atoms with Gasteiger partial charge < -0.3 is 62.2 Å². The van der Waals surface area contributed by atoms with Crippen molar-refractivity contribution in [2.45, 2.75) is 121 Å². The van der Waals surface area contributed by atoms with E-state index in [9.17, 15) is 43.9 Å². The van der Waals surface area contributed by atoms with Crippen molar-refractivity contribution in [3.05, 3.63) is 94.9 Å². The number of benzene rings is 2. The molecular formula is C45H54N4O20. The van der Waals surface area contributed by atoms with Crippen molar-refractivity contribution in [2.24, 2.45) is 5.11 Å². The van der Waals surface area contributed by atoms with Crippen molar-refractivity contribution in [3.63, 3.8) is 0 Å². The fraction of sp³-hybridized carbons (Fsp3) is 0.511. The summed E-state index contributed by atoms with van der Waals surface area (Å²) in [7, 11) is 0. The predicted octanol–water partition coefficient (Wildman–Crippen LogP) is 3.58. The molecule has 24 heteroatoms. The van der Waals surface area contributed by atoms with E-state index in [1.807, 2.05) is 0 Å². The first-order valence-corrected chi connectivity index (χ1v) is 21.2. The molecule has 1 amide bonds. The van der Waals surface area contributed by atoms with Crippen LogP contribution in [0.1, 0.15) is 69.2 Å². The average molecular weight is 971 g/mol. The largest absolute Gasteiger partial charge is 0.463 e. The molecule has 0 unspecified atom stereocenters. The van der Waals surface area contributed by atoms with Crippen molar-refractivity contribution in [2.75, 3.05) is 26.4 Å². The lowest BCUT2D eigenvalue weighted by Crippen LogP contribution is -2.67. The van der Waals surface area contributed by atoms with Crippen LogP contribution in [0, 0.1) is 0 Å². The monoisotopic (exact) mass is 970 g/mol. The van der Waals surface area contributed by atoms with Crippen molar-refractivity contribution in [1.82, 2.24) is 5.32 Å². The van der Waals surface area contributed by atoms with Gasteiger partial charge in [-0.15, -0.1) is 0 Å². The molecule has 374 valence electrons. The van der Waals surface area contributed by atoms with E-state index in [0.717, 1.165) is 27.7 Å². The number of azide groups is 1. The molecule has 0 aliphatic carbocycles. The lowest BCUT2D eigenvalue weighted by molar-refractivity contribution is -0.344. The summed E-state index contributed by atoms with van der Waals surface area (Å²) in [4.78, 5) is 106. The van der Waals surface area contributed by atoms with Gasteiger partial charge in [0, 0.05) is 32.6 Å². The van der Waals surface area contributed by atoms with Gasteiger partial charge in [0.1, 0.15) is 49.8 Å². The van der Waals surface area contributed by atoms with Crippen LogP contribution < -0.4 is 5.32 Å². The second-order valence-corrected chi connectivity index (χ2v) is 16.1. The Kier molecular flexibility index (Phi) is 20.4. The zero-order valence-corrected chi connectivity index (χ0v) is 38.7. The normalized spacial score (nSPS) is 24.6. The van der Waals surface area contributed by atoms with E-state index in [-0.39, 0.29) is 17.7 Å². The SMILES string of the molecule is C=CCOC(=O)N[C@@H](CO[C@H]1O[C@H](COC(=O)c2ccccc2)[C@H](OC(=O)c2ccccc2)[C@H](O[C@@H]2O[C@H](COC(C)=O)[C@H](OC(C)=O)[C@H](OC(C)=O)[C@H]2OC(C)=O)[C@H]1N=[N+]=[N-])C(=O)OC(C)(C)C. The lowest BCUT2D eigenvalue weighted by atomic mass is 9.95. The highest BCUT2D eigenvalue weighted by atomic mass is 16.8.